The highest BCUT2D eigenvalue weighted by Gasteiger charge is 2.23. The topological polar surface area (TPSA) is 91.2 Å². The van der Waals surface area contributed by atoms with E-state index in [0.29, 0.717) is 22.4 Å². The van der Waals surface area contributed by atoms with E-state index in [1.165, 1.54) is 17.8 Å². The predicted molar refractivity (Wildman–Crippen MR) is 82.4 cm³/mol. The summed E-state index contributed by atoms with van der Waals surface area (Å²) >= 11 is 1.21. The van der Waals surface area contributed by atoms with E-state index in [1.807, 2.05) is 6.92 Å². The van der Waals surface area contributed by atoms with Crippen molar-refractivity contribution in [2.45, 2.75) is 6.92 Å². The van der Waals surface area contributed by atoms with Gasteiger partial charge in [-0.25, -0.2) is 0 Å². The molecule has 2 rings (SSSR count). The smallest absolute Gasteiger partial charge is 0.264 e. The zero-order valence-corrected chi connectivity index (χ0v) is 12.3. The number of hydrogen-bond acceptors (Lipinski definition) is 6. The summed E-state index contributed by atoms with van der Waals surface area (Å²) in [6.07, 6.45) is 1.70. The number of hydrogen-bond donors (Lipinski definition) is 3. The number of amides is 1. The van der Waals surface area contributed by atoms with Crippen molar-refractivity contribution in [1.29, 1.82) is 0 Å². The maximum atomic E-state index is 11.8. The molecule has 3 N–H and O–H groups in total. The van der Waals surface area contributed by atoms with Crippen LogP contribution >= 0.6 is 11.8 Å². The Hall–Kier alpha value is -1.99. The van der Waals surface area contributed by atoms with Crippen LogP contribution in [-0.4, -0.2) is 41.0 Å². The number of amidine groups is 1. The molecule has 0 unspecified atom stereocenters. The number of aliphatic imine (C=N–C) groups is 1. The maximum absolute atomic E-state index is 11.8. The Bertz CT molecular complexity index is 599. The quantitative estimate of drug-likeness (QED) is 0.714. The molecule has 0 aliphatic carbocycles. The van der Waals surface area contributed by atoms with E-state index in [-0.39, 0.29) is 24.8 Å². The van der Waals surface area contributed by atoms with Gasteiger partial charge in [0.05, 0.1) is 24.7 Å². The molecular weight excluding hydrogens is 292 g/mol. The summed E-state index contributed by atoms with van der Waals surface area (Å²) in [6, 6.07) is 4.89. The van der Waals surface area contributed by atoms with Gasteiger partial charge in [-0.05, 0) is 42.5 Å². The van der Waals surface area contributed by atoms with Gasteiger partial charge in [-0.3, -0.25) is 9.79 Å². The molecule has 1 heterocycles. The number of nitrogens with one attached hydrogen (secondary N) is 1. The summed E-state index contributed by atoms with van der Waals surface area (Å²) in [5, 5.41) is 21.5. The fourth-order valence-corrected chi connectivity index (χ4v) is 2.54. The molecule has 0 atom stereocenters. The standard InChI is InChI=1S/C14H16N2O4S/c1-2-20-11-7-9(3-4-10(11)18)8-12-13(19)16-14(21-12)15-5-6-17/h3-4,7-8,17-18H,2,5-6H2,1H3,(H,15,16,19)/b12-8-. The third-order valence-corrected chi connectivity index (χ3v) is 3.54. The average Bonchev–Trinajstić information content (AvgIpc) is 2.81. The lowest BCUT2D eigenvalue weighted by Crippen LogP contribution is -2.20. The minimum absolute atomic E-state index is 0.0609. The van der Waals surface area contributed by atoms with Crippen LogP contribution in [-0.2, 0) is 4.79 Å². The summed E-state index contributed by atoms with van der Waals surface area (Å²) in [5.41, 5.74) is 0.748. The lowest BCUT2D eigenvalue weighted by Gasteiger charge is -2.06. The molecule has 0 radical (unpaired) electrons. The van der Waals surface area contributed by atoms with Crippen molar-refractivity contribution < 1.29 is 19.7 Å². The molecule has 0 spiro atoms. The van der Waals surface area contributed by atoms with Crippen molar-refractivity contribution in [2.75, 3.05) is 19.8 Å². The Morgan fingerprint density at radius 1 is 1.48 bits per heavy atom. The number of carbonyl (C=O) groups is 1. The lowest BCUT2D eigenvalue weighted by molar-refractivity contribution is -0.115. The molecule has 0 saturated carbocycles. The van der Waals surface area contributed by atoms with Crippen LogP contribution in [0.15, 0.2) is 28.1 Å². The third-order valence-electron chi connectivity index (χ3n) is 2.59. The van der Waals surface area contributed by atoms with Crippen molar-refractivity contribution in [1.82, 2.24) is 5.32 Å². The molecule has 1 aromatic carbocycles. The fourth-order valence-electron chi connectivity index (χ4n) is 1.70. The number of thioether (sulfide) groups is 1. The molecule has 112 valence electrons. The van der Waals surface area contributed by atoms with Crippen LogP contribution in [0, 0.1) is 0 Å². The molecule has 0 bridgehead atoms. The minimum Gasteiger partial charge on any atom is -0.504 e. The highest BCUT2D eigenvalue weighted by Crippen LogP contribution is 2.30. The zero-order chi connectivity index (χ0) is 15.2. The van der Waals surface area contributed by atoms with Crippen LogP contribution in [0.3, 0.4) is 0 Å². The Morgan fingerprint density at radius 2 is 2.29 bits per heavy atom. The van der Waals surface area contributed by atoms with Crippen LogP contribution < -0.4 is 10.1 Å². The molecule has 0 aromatic heterocycles. The van der Waals surface area contributed by atoms with E-state index in [2.05, 4.69) is 10.3 Å². The second kappa shape index (κ2) is 7.14. The number of rotatable bonds is 5. The maximum Gasteiger partial charge on any atom is 0.264 e. The van der Waals surface area contributed by atoms with Gasteiger partial charge < -0.3 is 20.3 Å². The van der Waals surface area contributed by atoms with E-state index in [9.17, 15) is 9.90 Å². The number of ether oxygens (including phenoxy) is 1. The van der Waals surface area contributed by atoms with Gasteiger partial charge in [0, 0.05) is 0 Å². The van der Waals surface area contributed by atoms with E-state index >= 15 is 0 Å². The average molecular weight is 308 g/mol. The first-order chi connectivity index (χ1) is 10.1. The molecule has 1 saturated heterocycles. The van der Waals surface area contributed by atoms with E-state index in [0.717, 1.165) is 5.56 Å². The van der Waals surface area contributed by atoms with Crippen LogP contribution in [0.25, 0.3) is 6.08 Å². The van der Waals surface area contributed by atoms with Crippen molar-refractivity contribution in [3.63, 3.8) is 0 Å². The summed E-state index contributed by atoms with van der Waals surface area (Å²) in [4.78, 5) is 16.3. The van der Waals surface area contributed by atoms with Crippen LogP contribution in [0.2, 0.25) is 0 Å². The van der Waals surface area contributed by atoms with Crippen LogP contribution in [0.5, 0.6) is 11.5 Å². The Kier molecular flexibility index (Phi) is 5.24. The van der Waals surface area contributed by atoms with Gasteiger partial charge in [0.25, 0.3) is 5.91 Å². The molecule has 1 aliphatic heterocycles. The van der Waals surface area contributed by atoms with Crippen molar-refractivity contribution in [3.8, 4) is 11.5 Å². The number of carbonyl (C=O) groups excluding carboxylic acids is 1. The van der Waals surface area contributed by atoms with Gasteiger partial charge >= 0.3 is 0 Å². The summed E-state index contributed by atoms with van der Waals surface area (Å²) in [7, 11) is 0. The number of aromatic hydroxyl groups is 1. The van der Waals surface area contributed by atoms with Gasteiger partial charge in [0.2, 0.25) is 0 Å². The Labute approximate surface area is 126 Å². The minimum atomic E-state index is -0.234. The molecule has 1 fully saturated rings. The van der Waals surface area contributed by atoms with Gasteiger partial charge in [0.15, 0.2) is 16.7 Å². The first kappa shape index (κ1) is 15.4. The van der Waals surface area contributed by atoms with Gasteiger partial charge in [0.1, 0.15) is 0 Å². The van der Waals surface area contributed by atoms with Gasteiger partial charge in [-0.2, -0.15) is 0 Å². The highest BCUT2D eigenvalue weighted by molar-refractivity contribution is 8.18. The molecule has 1 aromatic rings. The Balaban J connectivity index is 2.20. The molecule has 7 heteroatoms. The van der Waals surface area contributed by atoms with Crippen LogP contribution in [0.1, 0.15) is 12.5 Å². The van der Waals surface area contributed by atoms with Gasteiger partial charge in [-0.1, -0.05) is 6.07 Å². The molecule has 1 amide bonds. The van der Waals surface area contributed by atoms with E-state index in [1.54, 1.807) is 18.2 Å². The number of aliphatic hydroxyl groups is 1. The number of phenols is 1. The zero-order valence-electron chi connectivity index (χ0n) is 11.5. The molecular formula is C14H16N2O4S. The highest BCUT2D eigenvalue weighted by atomic mass is 32.2. The second-order valence-electron chi connectivity index (χ2n) is 4.14. The van der Waals surface area contributed by atoms with Crippen molar-refractivity contribution >= 4 is 28.9 Å². The SMILES string of the molecule is CCOc1cc(/C=C2\SC(=NCCO)NC2=O)ccc1O. The summed E-state index contributed by atoms with van der Waals surface area (Å²) in [5.74, 6) is 0.208. The number of benzene rings is 1. The number of phenolic OH excluding ortho intramolecular Hbond substituents is 1. The third kappa shape index (κ3) is 3.99. The second-order valence-corrected chi connectivity index (χ2v) is 5.17. The first-order valence-corrected chi connectivity index (χ1v) is 7.27. The molecule has 6 nitrogen and oxygen atoms in total. The van der Waals surface area contributed by atoms with Gasteiger partial charge in [-0.15, -0.1) is 0 Å². The Morgan fingerprint density at radius 3 is 3.00 bits per heavy atom. The van der Waals surface area contributed by atoms with Crippen molar-refractivity contribution in [3.05, 3.63) is 28.7 Å². The number of nitrogens with zero attached hydrogens (tertiary/aromatic N) is 1. The fraction of sp³-hybridized carbons (Fsp3) is 0.286. The summed E-state index contributed by atoms with van der Waals surface area (Å²) < 4.78 is 5.30. The lowest BCUT2D eigenvalue weighted by atomic mass is 10.2. The normalized spacial score (nSPS) is 18.3. The number of aliphatic hydroxyl groups excluding tert-OH is 1. The van der Waals surface area contributed by atoms with Crippen molar-refractivity contribution in [2.24, 2.45) is 4.99 Å². The molecule has 21 heavy (non-hydrogen) atoms. The first-order valence-electron chi connectivity index (χ1n) is 6.46. The summed E-state index contributed by atoms with van der Waals surface area (Å²) in [6.45, 7) is 2.47. The monoisotopic (exact) mass is 308 g/mol. The largest absolute Gasteiger partial charge is 0.504 e. The van der Waals surface area contributed by atoms with E-state index in [4.69, 9.17) is 9.84 Å². The van der Waals surface area contributed by atoms with Crippen LogP contribution in [0.4, 0.5) is 0 Å². The molecule has 1 aliphatic rings. The predicted octanol–water partition coefficient (Wildman–Crippen LogP) is 1.34. The van der Waals surface area contributed by atoms with E-state index < -0.39 is 0 Å².